The quantitative estimate of drug-likeness (QED) is 0.570. The number of nitrogens with zero attached hydrogens (tertiary/aromatic N) is 4. The molecule has 0 bridgehead atoms. The van der Waals surface area contributed by atoms with Crippen molar-refractivity contribution in [1.82, 2.24) is 25.0 Å². The van der Waals surface area contributed by atoms with E-state index in [0.29, 0.717) is 5.75 Å². The molecule has 1 N–H and O–H groups in total. The maximum absolute atomic E-state index is 12.4. The lowest BCUT2D eigenvalue weighted by atomic mass is 10.1. The van der Waals surface area contributed by atoms with Crippen LogP contribution in [0.15, 0.2) is 48.5 Å². The van der Waals surface area contributed by atoms with Gasteiger partial charge in [-0.15, -0.1) is 10.2 Å². The summed E-state index contributed by atoms with van der Waals surface area (Å²) in [5.41, 5.74) is 2.41. The first-order chi connectivity index (χ1) is 16.0. The minimum atomic E-state index is -0.256. The van der Waals surface area contributed by atoms with Crippen LogP contribution in [0.25, 0.3) is 0 Å². The molecule has 0 aliphatic carbocycles. The fraction of sp³-hybridized carbons (Fsp3) is 0.400. The Bertz CT molecular complexity index is 1080. The molecule has 4 rings (SSSR count). The highest BCUT2D eigenvalue weighted by atomic mass is 16.5. The molecular formula is C25H31N5O3. The van der Waals surface area contributed by atoms with E-state index >= 15 is 0 Å². The second-order valence-corrected chi connectivity index (χ2v) is 8.35. The Labute approximate surface area is 194 Å². The molecule has 8 nitrogen and oxygen atoms in total. The van der Waals surface area contributed by atoms with Gasteiger partial charge in [0.15, 0.2) is 12.4 Å². The standard InChI is InChI=1S/C25H31N5O3/c1-18-15-20(9-10-22(18)32-3)16-29-12-11-23-27-28-25(30(23)14-13-29)19(2)26-24(31)17-33-21-7-5-4-6-8-21/h4-10,15,19H,11-14,16-17H2,1-3H3,(H,26,31)/t19-/m0/s1. The predicted octanol–water partition coefficient (Wildman–Crippen LogP) is 2.91. The average Bonchev–Trinajstić information content (AvgIpc) is 3.13. The SMILES string of the molecule is COc1ccc(CN2CCc3nnc([C@H](C)NC(=O)COc4ccccc4)n3CC2)cc1C. The summed E-state index contributed by atoms with van der Waals surface area (Å²) in [6.07, 6.45) is 0.819. The topological polar surface area (TPSA) is 81.5 Å². The van der Waals surface area contributed by atoms with Crippen LogP contribution in [0.3, 0.4) is 0 Å². The number of ether oxygens (including phenoxy) is 2. The van der Waals surface area contributed by atoms with Gasteiger partial charge in [-0.3, -0.25) is 9.69 Å². The van der Waals surface area contributed by atoms with E-state index in [1.807, 2.05) is 43.3 Å². The molecule has 1 amide bonds. The third-order valence-corrected chi connectivity index (χ3v) is 5.89. The van der Waals surface area contributed by atoms with Crippen molar-refractivity contribution in [3.63, 3.8) is 0 Å². The lowest BCUT2D eigenvalue weighted by Gasteiger charge is -2.21. The smallest absolute Gasteiger partial charge is 0.258 e. The fourth-order valence-electron chi connectivity index (χ4n) is 4.18. The number of hydrogen-bond acceptors (Lipinski definition) is 6. The number of hydrogen-bond donors (Lipinski definition) is 1. The molecule has 1 aromatic heterocycles. The van der Waals surface area contributed by atoms with Crippen LogP contribution in [-0.4, -0.2) is 52.4 Å². The first-order valence-corrected chi connectivity index (χ1v) is 11.3. The van der Waals surface area contributed by atoms with Gasteiger partial charge in [0.05, 0.1) is 13.2 Å². The molecule has 0 saturated carbocycles. The van der Waals surface area contributed by atoms with Crippen molar-refractivity contribution in [2.75, 3.05) is 26.8 Å². The Morgan fingerprint density at radius 3 is 2.70 bits per heavy atom. The molecule has 33 heavy (non-hydrogen) atoms. The van der Waals surface area contributed by atoms with Gasteiger partial charge in [-0.25, -0.2) is 0 Å². The molecule has 2 aromatic carbocycles. The highest BCUT2D eigenvalue weighted by molar-refractivity contribution is 5.77. The van der Waals surface area contributed by atoms with Crippen molar-refractivity contribution in [2.45, 2.75) is 39.4 Å². The summed E-state index contributed by atoms with van der Waals surface area (Å²) in [4.78, 5) is 14.8. The number of aryl methyl sites for hydroxylation is 1. The molecule has 2 heterocycles. The van der Waals surface area contributed by atoms with Gasteiger partial charge in [0.1, 0.15) is 17.3 Å². The van der Waals surface area contributed by atoms with E-state index in [2.05, 4.69) is 44.0 Å². The van der Waals surface area contributed by atoms with E-state index in [1.165, 1.54) is 5.56 Å². The Morgan fingerprint density at radius 1 is 1.12 bits per heavy atom. The molecule has 1 aliphatic heterocycles. The van der Waals surface area contributed by atoms with Gasteiger partial charge in [0.25, 0.3) is 5.91 Å². The zero-order valence-electron chi connectivity index (χ0n) is 19.5. The Kier molecular flexibility index (Phi) is 7.24. The first kappa shape index (κ1) is 22.8. The van der Waals surface area contributed by atoms with Crippen LogP contribution in [0.4, 0.5) is 0 Å². The minimum Gasteiger partial charge on any atom is -0.496 e. The lowest BCUT2D eigenvalue weighted by molar-refractivity contribution is -0.123. The number of carbonyl (C=O) groups excluding carboxylic acids is 1. The zero-order chi connectivity index (χ0) is 23.2. The molecule has 3 aromatic rings. The summed E-state index contributed by atoms with van der Waals surface area (Å²) in [5, 5.41) is 11.8. The summed E-state index contributed by atoms with van der Waals surface area (Å²) in [6.45, 7) is 7.43. The number of nitrogens with one attached hydrogen (secondary N) is 1. The summed E-state index contributed by atoms with van der Waals surface area (Å²) in [7, 11) is 1.70. The summed E-state index contributed by atoms with van der Waals surface area (Å²) < 4.78 is 13.1. The molecule has 0 fully saturated rings. The van der Waals surface area contributed by atoms with Gasteiger partial charge in [0, 0.05) is 32.6 Å². The minimum absolute atomic E-state index is 0.0373. The monoisotopic (exact) mass is 449 g/mol. The summed E-state index contributed by atoms with van der Waals surface area (Å²) >= 11 is 0. The van der Waals surface area contributed by atoms with Crippen LogP contribution < -0.4 is 14.8 Å². The maximum Gasteiger partial charge on any atom is 0.258 e. The molecule has 0 radical (unpaired) electrons. The molecule has 0 unspecified atom stereocenters. The maximum atomic E-state index is 12.4. The third kappa shape index (κ3) is 5.70. The number of para-hydroxylation sites is 1. The number of methoxy groups -OCH3 is 1. The van der Waals surface area contributed by atoms with Crippen LogP contribution in [0.1, 0.15) is 35.7 Å². The summed E-state index contributed by atoms with van der Waals surface area (Å²) in [5.74, 6) is 3.13. The summed E-state index contributed by atoms with van der Waals surface area (Å²) in [6, 6.07) is 15.4. The van der Waals surface area contributed by atoms with Crippen LogP contribution in [0, 0.1) is 6.92 Å². The van der Waals surface area contributed by atoms with Gasteiger partial charge in [-0.2, -0.15) is 0 Å². The van der Waals surface area contributed by atoms with E-state index in [9.17, 15) is 4.79 Å². The van der Waals surface area contributed by atoms with Crippen molar-refractivity contribution in [3.05, 3.63) is 71.3 Å². The second-order valence-electron chi connectivity index (χ2n) is 8.35. The van der Waals surface area contributed by atoms with Crippen molar-refractivity contribution in [3.8, 4) is 11.5 Å². The fourth-order valence-corrected chi connectivity index (χ4v) is 4.18. The number of rotatable bonds is 8. The van der Waals surface area contributed by atoms with Gasteiger partial charge in [0.2, 0.25) is 0 Å². The zero-order valence-corrected chi connectivity index (χ0v) is 19.5. The predicted molar refractivity (Wildman–Crippen MR) is 125 cm³/mol. The van der Waals surface area contributed by atoms with Crippen molar-refractivity contribution in [1.29, 1.82) is 0 Å². The molecule has 1 atom stereocenters. The number of amides is 1. The van der Waals surface area contributed by atoms with Gasteiger partial charge < -0.3 is 19.4 Å². The molecule has 174 valence electrons. The Morgan fingerprint density at radius 2 is 1.94 bits per heavy atom. The Balaban J connectivity index is 1.33. The van der Waals surface area contributed by atoms with Gasteiger partial charge in [-0.1, -0.05) is 30.3 Å². The van der Waals surface area contributed by atoms with Crippen LogP contribution in [-0.2, 0) is 24.3 Å². The van der Waals surface area contributed by atoms with E-state index in [0.717, 1.165) is 55.6 Å². The highest BCUT2D eigenvalue weighted by Crippen LogP contribution is 2.21. The largest absolute Gasteiger partial charge is 0.496 e. The van der Waals surface area contributed by atoms with Crippen LogP contribution in [0.5, 0.6) is 11.5 Å². The third-order valence-electron chi connectivity index (χ3n) is 5.89. The second kappa shape index (κ2) is 10.5. The van der Waals surface area contributed by atoms with Crippen molar-refractivity contribution >= 4 is 5.91 Å². The van der Waals surface area contributed by atoms with E-state index in [1.54, 1.807) is 7.11 Å². The first-order valence-electron chi connectivity index (χ1n) is 11.3. The molecule has 0 saturated heterocycles. The number of carbonyl (C=O) groups is 1. The van der Waals surface area contributed by atoms with Crippen molar-refractivity contribution < 1.29 is 14.3 Å². The number of aromatic nitrogens is 3. The normalized spacial score (nSPS) is 14.8. The lowest BCUT2D eigenvalue weighted by Crippen LogP contribution is -2.33. The van der Waals surface area contributed by atoms with Gasteiger partial charge >= 0.3 is 0 Å². The van der Waals surface area contributed by atoms with Crippen LogP contribution in [0.2, 0.25) is 0 Å². The van der Waals surface area contributed by atoms with E-state index < -0.39 is 0 Å². The molecule has 0 spiro atoms. The Hall–Kier alpha value is -3.39. The molecule has 8 heteroatoms. The van der Waals surface area contributed by atoms with Crippen molar-refractivity contribution in [2.24, 2.45) is 0 Å². The molecular weight excluding hydrogens is 418 g/mol. The average molecular weight is 450 g/mol. The van der Waals surface area contributed by atoms with E-state index in [4.69, 9.17) is 9.47 Å². The number of fused-ring (bicyclic) bond motifs is 1. The van der Waals surface area contributed by atoms with Gasteiger partial charge in [-0.05, 0) is 43.2 Å². The molecule has 1 aliphatic rings. The number of benzene rings is 2. The highest BCUT2D eigenvalue weighted by Gasteiger charge is 2.23. The van der Waals surface area contributed by atoms with E-state index in [-0.39, 0.29) is 18.6 Å². The van der Waals surface area contributed by atoms with Crippen LogP contribution >= 0.6 is 0 Å².